The maximum absolute atomic E-state index is 13.4. The highest BCUT2D eigenvalue weighted by Crippen LogP contribution is 2.26. The maximum atomic E-state index is 13.4. The third kappa shape index (κ3) is 2.54. The van der Waals surface area contributed by atoms with Crippen molar-refractivity contribution < 1.29 is 14.1 Å². The number of ether oxygens (including phenoxy) is 1. The first kappa shape index (κ1) is 11.0. The van der Waals surface area contributed by atoms with Gasteiger partial charge < -0.3 is 4.74 Å². The number of pyridine rings is 1. The molecule has 0 aliphatic rings. The molecule has 1 aromatic heterocycles. The summed E-state index contributed by atoms with van der Waals surface area (Å²) in [4.78, 5) is 13.6. The molecule has 0 amide bonds. The summed E-state index contributed by atoms with van der Waals surface area (Å²) in [5, 5.41) is 10.4. The van der Waals surface area contributed by atoms with Gasteiger partial charge in [-0.2, -0.15) is 0 Å². The van der Waals surface area contributed by atoms with Gasteiger partial charge in [0.2, 0.25) is 5.88 Å². The van der Waals surface area contributed by atoms with Crippen molar-refractivity contribution in [3.8, 4) is 11.6 Å². The van der Waals surface area contributed by atoms with E-state index in [0.717, 1.165) is 6.07 Å². The van der Waals surface area contributed by atoms with E-state index < -0.39 is 10.7 Å². The predicted octanol–water partition coefficient (Wildman–Crippen LogP) is 2.92. The van der Waals surface area contributed by atoms with Crippen molar-refractivity contribution in [1.82, 2.24) is 4.98 Å². The third-order valence-electron chi connectivity index (χ3n) is 1.98. The minimum atomic E-state index is -0.801. The van der Waals surface area contributed by atoms with Crippen LogP contribution in [0.15, 0.2) is 42.6 Å². The Morgan fingerprint density at radius 3 is 2.71 bits per heavy atom. The van der Waals surface area contributed by atoms with Crippen LogP contribution in [0.5, 0.6) is 11.6 Å². The van der Waals surface area contributed by atoms with Crippen molar-refractivity contribution in [2.24, 2.45) is 0 Å². The zero-order valence-corrected chi connectivity index (χ0v) is 8.54. The first-order valence-electron chi connectivity index (χ1n) is 4.69. The Labute approximate surface area is 95.6 Å². The second-order valence-corrected chi connectivity index (χ2v) is 3.14. The lowest BCUT2D eigenvalue weighted by Gasteiger charge is -2.04. The summed E-state index contributed by atoms with van der Waals surface area (Å²) in [6, 6.07) is 8.10. The molecule has 86 valence electrons. The molecular formula is C11H7FN2O3. The topological polar surface area (TPSA) is 65.3 Å². The van der Waals surface area contributed by atoms with Gasteiger partial charge in [0.05, 0.1) is 11.0 Å². The number of non-ortho nitro benzene ring substituents is 1. The molecule has 1 aromatic carbocycles. The van der Waals surface area contributed by atoms with Gasteiger partial charge in [-0.25, -0.2) is 9.37 Å². The van der Waals surface area contributed by atoms with Crippen LogP contribution in [0.3, 0.4) is 0 Å². The summed E-state index contributed by atoms with van der Waals surface area (Å²) < 4.78 is 18.6. The number of halogens is 1. The molecule has 17 heavy (non-hydrogen) atoms. The van der Waals surface area contributed by atoms with Gasteiger partial charge >= 0.3 is 0 Å². The summed E-state index contributed by atoms with van der Waals surface area (Å²) in [6.45, 7) is 0. The molecule has 0 radical (unpaired) electrons. The number of hydrogen-bond donors (Lipinski definition) is 0. The molecule has 5 nitrogen and oxygen atoms in total. The molecule has 0 atom stereocenters. The first-order valence-corrected chi connectivity index (χ1v) is 4.69. The van der Waals surface area contributed by atoms with Crippen molar-refractivity contribution in [2.75, 3.05) is 0 Å². The minimum absolute atomic E-state index is 0.102. The zero-order valence-electron chi connectivity index (χ0n) is 8.54. The molecular weight excluding hydrogens is 227 g/mol. The average Bonchev–Trinajstić information content (AvgIpc) is 2.33. The van der Waals surface area contributed by atoms with E-state index in [4.69, 9.17) is 4.74 Å². The summed E-state index contributed by atoms with van der Waals surface area (Å²) in [5.41, 5.74) is -0.323. The number of rotatable bonds is 3. The fraction of sp³-hybridized carbons (Fsp3) is 0. The number of aromatic nitrogens is 1. The Morgan fingerprint density at radius 2 is 2.12 bits per heavy atom. The molecule has 0 unspecified atom stereocenters. The van der Waals surface area contributed by atoms with Gasteiger partial charge in [0, 0.05) is 18.3 Å². The van der Waals surface area contributed by atoms with Crippen molar-refractivity contribution in [3.05, 3.63) is 58.5 Å². The van der Waals surface area contributed by atoms with E-state index in [1.807, 2.05) is 0 Å². The number of nitro benzene ring substituents is 1. The van der Waals surface area contributed by atoms with Crippen molar-refractivity contribution in [3.63, 3.8) is 0 Å². The highest BCUT2D eigenvalue weighted by atomic mass is 19.1. The van der Waals surface area contributed by atoms with Crippen molar-refractivity contribution >= 4 is 5.69 Å². The van der Waals surface area contributed by atoms with Gasteiger partial charge in [-0.05, 0) is 12.1 Å². The van der Waals surface area contributed by atoms with Crippen LogP contribution >= 0.6 is 0 Å². The monoisotopic (exact) mass is 234 g/mol. The number of nitro groups is 1. The smallest absolute Gasteiger partial charge is 0.272 e. The third-order valence-corrected chi connectivity index (χ3v) is 1.98. The van der Waals surface area contributed by atoms with Crippen LogP contribution in [0, 0.1) is 15.9 Å². The molecule has 1 heterocycles. The Bertz CT molecular complexity index is 546. The molecule has 0 fully saturated rings. The zero-order chi connectivity index (χ0) is 12.3. The quantitative estimate of drug-likeness (QED) is 0.605. The minimum Gasteiger partial charge on any atom is -0.436 e. The van der Waals surface area contributed by atoms with Crippen LogP contribution in [0.25, 0.3) is 0 Å². The lowest BCUT2D eigenvalue weighted by molar-refractivity contribution is -0.385. The van der Waals surface area contributed by atoms with Crippen molar-refractivity contribution in [1.29, 1.82) is 0 Å². The van der Waals surface area contributed by atoms with Crippen LogP contribution in [0.4, 0.5) is 10.1 Å². The van der Waals surface area contributed by atoms with E-state index in [9.17, 15) is 14.5 Å². The van der Waals surface area contributed by atoms with Crippen LogP contribution in [-0.4, -0.2) is 9.91 Å². The van der Waals surface area contributed by atoms with E-state index in [0.29, 0.717) is 0 Å². The van der Waals surface area contributed by atoms with Gasteiger partial charge in [0.15, 0.2) is 11.6 Å². The van der Waals surface area contributed by atoms with Crippen LogP contribution in [0.1, 0.15) is 0 Å². The van der Waals surface area contributed by atoms with E-state index >= 15 is 0 Å². The summed E-state index contributed by atoms with van der Waals surface area (Å²) in [6.07, 6.45) is 1.50. The first-order chi connectivity index (χ1) is 8.16. The normalized spacial score (nSPS) is 9.94. The van der Waals surface area contributed by atoms with Gasteiger partial charge in [-0.3, -0.25) is 10.1 Å². The fourth-order valence-electron chi connectivity index (χ4n) is 1.21. The molecule has 0 spiro atoms. The number of nitrogens with zero attached hydrogens (tertiary/aromatic N) is 2. The lowest BCUT2D eigenvalue weighted by atomic mass is 10.3. The van der Waals surface area contributed by atoms with E-state index in [1.54, 1.807) is 18.2 Å². The van der Waals surface area contributed by atoms with Crippen LogP contribution in [0.2, 0.25) is 0 Å². The predicted molar refractivity (Wildman–Crippen MR) is 57.4 cm³/mol. The molecule has 0 N–H and O–H groups in total. The lowest BCUT2D eigenvalue weighted by Crippen LogP contribution is -1.93. The van der Waals surface area contributed by atoms with E-state index in [-0.39, 0.29) is 17.3 Å². The molecule has 2 rings (SSSR count). The Morgan fingerprint density at radius 1 is 1.29 bits per heavy atom. The van der Waals surface area contributed by atoms with Gasteiger partial charge in [0.25, 0.3) is 5.69 Å². The standard InChI is InChI=1S/C11H7FN2O3/c12-9-7-8(14(15)16)4-5-10(9)17-11-3-1-2-6-13-11/h1-7H. The maximum Gasteiger partial charge on any atom is 0.272 e. The van der Waals surface area contributed by atoms with Gasteiger partial charge in [0.1, 0.15) is 0 Å². The van der Waals surface area contributed by atoms with Gasteiger partial charge in [-0.1, -0.05) is 6.07 Å². The van der Waals surface area contributed by atoms with Gasteiger partial charge in [-0.15, -0.1) is 0 Å². The molecule has 0 bridgehead atoms. The highest BCUT2D eigenvalue weighted by Gasteiger charge is 2.12. The molecule has 0 aliphatic heterocycles. The van der Waals surface area contributed by atoms with Crippen molar-refractivity contribution in [2.45, 2.75) is 0 Å². The Hall–Kier alpha value is -2.50. The molecule has 2 aromatic rings. The second kappa shape index (κ2) is 4.56. The summed E-state index contributed by atoms with van der Waals surface area (Å²) in [7, 11) is 0. The fourth-order valence-corrected chi connectivity index (χ4v) is 1.21. The largest absolute Gasteiger partial charge is 0.436 e. The molecule has 0 aliphatic carbocycles. The Balaban J connectivity index is 2.26. The van der Waals surface area contributed by atoms with Crippen LogP contribution in [-0.2, 0) is 0 Å². The SMILES string of the molecule is O=[N+]([O-])c1ccc(Oc2ccccn2)c(F)c1. The average molecular weight is 234 g/mol. The van der Waals surface area contributed by atoms with Crippen LogP contribution < -0.4 is 4.74 Å². The Kier molecular flexibility index (Phi) is 2.95. The highest BCUT2D eigenvalue weighted by molar-refractivity contribution is 5.39. The molecule has 6 heteroatoms. The number of hydrogen-bond acceptors (Lipinski definition) is 4. The van der Waals surface area contributed by atoms with E-state index in [1.165, 1.54) is 18.3 Å². The molecule has 0 saturated heterocycles. The summed E-state index contributed by atoms with van der Waals surface area (Å²) in [5.74, 6) is -0.681. The summed E-state index contributed by atoms with van der Waals surface area (Å²) >= 11 is 0. The molecule has 0 saturated carbocycles. The van der Waals surface area contributed by atoms with E-state index in [2.05, 4.69) is 4.98 Å². The second-order valence-electron chi connectivity index (χ2n) is 3.14. The number of benzene rings is 1.